The summed E-state index contributed by atoms with van der Waals surface area (Å²) in [6, 6.07) is 4.95. The number of sulfonamides is 1. The van der Waals surface area contributed by atoms with Crippen molar-refractivity contribution in [2.24, 2.45) is 5.92 Å². The number of hydrogen-bond acceptors (Lipinski definition) is 2. The topological polar surface area (TPSA) is 46.2 Å². The van der Waals surface area contributed by atoms with Crippen LogP contribution in [0.25, 0.3) is 0 Å². The van der Waals surface area contributed by atoms with E-state index in [9.17, 15) is 8.42 Å². The van der Waals surface area contributed by atoms with Crippen LogP contribution in [0.5, 0.6) is 0 Å². The second-order valence-corrected chi connectivity index (χ2v) is 6.81. The molecular weight excluding hydrogens is 270 g/mol. The first-order chi connectivity index (χ1) is 8.27. The molecule has 0 heterocycles. The van der Waals surface area contributed by atoms with Gasteiger partial charge in [0, 0.05) is 11.9 Å². The highest BCUT2D eigenvalue weighted by Crippen LogP contribution is 2.16. The first kappa shape index (κ1) is 15.5. The van der Waals surface area contributed by atoms with E-state index in [0.717, 1.165) is 11.1 Å². The van der Waals surface area contributed by atoms with Crippen molar-refractivity contribution >= 4 is 21.6 Å². The summed E-state index contributed by atoms with van der Waals surface area (Å²) in [5.41, 5.74) is 2.05. The van der Waals surface area contributed by atoms with Gasteiger partial charge in [-0.05, 0) is 49.9 Å². The third kappa shape index (κ3) is 3.70. The molecule has 3 nitrogen and oxygen atoms in total. The lowest BCUT2D eigenvalue weighted by Crippen LogP contribution is -2.37. The Labute approximate surface area is 115 Å². The molecule has 0 spiro atoms. The summed E-state index contributed by atoms with van der Waals surface area (Å²) in [7, 11) is -3.46. The molecule has 1 aromatic carbocycles. The third-order valence-electron chi connectivity index (χ3n) is 3.23. The summed E-state index contributed by atoms with van der Waals surface area (Å²) in [5.74, 6) is 0.518. The molecule has 1 aromatic rings. The molecule has 0 aromatic heterocycles. The Bertz CT molecular complexity index is 514. The minimum Gasteiger partial charge on any atom is -0.208 e. The monoisotopic (exact) mass is 289 g/mol. The zero-order valence-electron chi connectivity index (χ0n) is 11.2. The Morgan fingerprint density at radius 3 is 2.33 bits per heavy atom. The average Bonchev–Trinajstić information content (AvgIpc) is 2.30. The highest BCUT2D eigenvalue weighted by molar-refractivity contribution is 7.89. The zero-order valence-corrected chi connectivity index (χ0v) is 12.8. The van der Waals surface area contributed by atoms with Crippen LogP contribution in [0.15, 0.2) is 23.1 Å². The molecule has 0 amide bonds. The number of nitrogens with one attached hydrogen (secondary N) is 1. The number of rotatable bonds is 5. The maximum Gasteiger partial charge on any atom is 0.240 e. The summed E-state index contributed by atoms with van der Waals surface area (Å²) >= 11 is 5.73. The second kappa shape index (κ2) is 6.04. The van der Waals surface area contributed by atoms with Crippen molar-refractivity contribution in [2.75, 3.05) is 5.88 Å². The van der Waals surface area contributed by atoms with E-state index in [1.165, 1.54) is 0 Å². The van der Waals surface area contributed by atoms with Crippen molar-refractivity contribution in [2.45, 2.75) is 38.6 Å². The molecule has 102 valence electrons. The number of benzene rings is 1. The highest BCUT2D eigenvalue weighted by atomic mass is 35.5. The average molecular weight is 290 g/mol. The van der Waals surface area contributed by atoms with Crippen LogP contribution in [0.1, 0.15) is 25.0 Å². The lowest BCUT2D eigenvalue weighted by Gasteiger charge is -2.19. The standard InChI is InChI=1S/C13H20ClNO2S/c1-9-5-6-13(7-10(9)2)18(16,17)15-12(4)11(3)8-14/h5-7,11-12,15H,8H2,1-4H3. The summed E-state index contributed by atoms with van der Waals surface area (Å²) in [6.07, 6.45) is 0. The van der Waals surface area contributed by atoms with E-state index in [4.69, 9.17) is 11.6 Å². The van der Waals surface area contributed by atoms with Crippen LogP contribution in [0.4, 0.5) is 0 Å². The molecule has 0 radical (unpaired) electrons. The Morgan fingerprint density at radius 1 is 1.22 bits per heavy atom. The van der Waals surface area contributed by atoms with Gasteiger partial charge in [-0.1, -0.05) is 13.0 Å². The predicted octanol–water partition coefficient (Wildman–Crippen LogP) is 2.85. The Hall–Kier alpha value is -0.580. The van der Waals surface area contributed by atoms with Gasteiger partial charge in [0.05, 0.1) is 4.90 Å². The van der Waals surface area contributed by atoms with Gasteiger partial charge in [0.15, 0.2) is 0 Å². The van der Waals surface area contributed by atoms with Crippen LogP contribution >= 0.6 is 11.6 Å². The van der Waals surface area contributed by atoms with Crippen LogP contribution in [0.3, 0.4) is 0 Å². The summed E-state index contributed by atoms with van der Waals surface area (Å²) in [6.45, 7) is 7.60. The van der Waals surface area contributed by atoms with Crippen LogP contribution < -0.4 is 4.72 Å². The largest absolute Gasteiger partial charge is 0.240 e. The van der Waals surface area contributed by atoms with Gasteiger partial charge in [-0.3, -0.25) is 0 Å². The SMILES string of the molecule is Cc1ccc(S(=O)(=O)NC(C)C(C)CCl)cc1C. The lowest BCUT2D eigenvalue weighted by molar-refractivity contribution is 0.480. The maximum absolute atomic E-state index is 12.2. The van der Waals surface area contributed by atoms with Crippen molar-refractivity contribution in [3.8, 4) is 0 Å². The minimum atomic E-state index is -3.46. The Morgan fingerprint density at radius 2 is 1.83 bits per heavy atom. The molecule has 0 fully saturated rings. The lowest BCUT2D eigenvalue weighted by atomic mass is 10.1. The van der Waals surface area contributed by atoms with E-state index in [-0.39, 0.29) is 12.0 Å². The molecular formula is C13H20ClNO2S. The summed E-state index contributed by atoms with van der Waals surface area (Å²) in [4.78, 5) is 0.305. The van der Waals surface area contributed by atoms with Crippen molar-refractivity contribution in [1.29, 1.82) is 0 Å². The normalized spacial score (nSPS) is 15.4. The molecule has 0 aliphatic rings. The van der Waals surface area contributed by atoms with E-state index < -0.39 is 10.0 Å². The molecule has 0 saturated carbocycles. The molecule has 0 saturated heterocycles. The van der Waals surface area contributed by atoms with Crippen molar-refractivity contribution in [3.63, 3.8) is 0 Å². The second-order valence-electron chi connectivity index (χ2n) is 4.79. The van der Waals surface area contributed by atoms with Crippen molar-refractivity contribution < 1.29 is 8.42 Å². The fraction of sp³-hybridized carbons (Fsp3) is 0.538. The maximum atomic E-state index is 12.2. The van der Waals surface area contributed by atoms with E-state index in [1.54, 1.807) is 12.1 Å². The fourth-order valence-corrected chi connectivity index (χ4v) is 3.15. The van der Waals surface area contributed by atoms with Crippen LogP contribution in [0, 0.1) is 19.8 Å². The van der Waals surface area contributed by atoms with Crippen molar-refractivity contribution in [1.82, 2.24) is 4.72 Å². The van der Waals surface area contributed by atoms with Gasteiger partial charge >= 0.3 is 0 Å². The first-order valence-corrected chi connectivity index (χ1v) is 7.95. The number of halogens is 1. The molecule has 0 bridgehead atoms. The van der Waals surface area contributed by atoms with E-state index in [2.05, 4.69) is 4.72 Å². The molecule has 1 N–H and O–H groups in total. The fourth-order valence-electron chi connectivity index (χ4n) is 1.44. The summed E-state index contributed by atoms with van der Waals surface area (Å²) in [5, 5.41) is 0. The van der Waals surface area contributed by atoms with Gasteiger partial charge in [0.2, 0.25) is 10.0 Å². The number of aryl methyl sites for hydroxylation is 2. The van der Waals surface area contributed by atoms with E-state index in [1.807, 2.05) is 33.8 Å². The third-order valence-corrected chi connectivity index (χ3v) is 5.27. The molecule has 0 aliphatic carbocycles. The molecule has 5 heteroatoms. The quantitative estimate of drug-likeness (QED) is 0.847. The van der Waals surface area contributed by atoms with Gasteiger partial charge in [-0.25, -0.2) is 13.1 Å². The zero-order chi connectivity index (χ0) is 13.9. The Kier molecular flexibility index (Phi) is 5.20. The van der Waals surface area contributed by atoms with Gasteiger partial charge in [-0.15, -0.1) is 11.6 Å². The molecule has 18 heavy (non-hydrogen) atoms. The highest BCUT2D eigenvalue weighted by Gasteiger charge is 2.20. The smallest absolute Gasteiger partial charge is 0.208 e. The molecule has 2 atom stereocenters. The van der Waals surface area contributed by atoms with Gasteiger partial charge in [0.25, 0.3) is 0 Å². The van der Waals surface area contributed by atoms with Crippen LogP contribution in [0.2, 0.25) is 0 Å². The molecule has 2 unspecified atom stereocenters. The first-order valence-electron chi connectivity index (χ1n) is 5.93. The van der Waals surface area contributed by atoms with Crippen molar-refractivity contribution in [3.05, 3.63) is 29.3 Å². The summed E-state index contributed by atoms with van der Waals surface area (Å²) < 4.78 is 27.0. The number of hydrogen-bond donors (Lipinski definition) is 1. The molecule has 1 rings (SSSR count). The van der Waals surface area contributed by atoms with Gasteiger partial charge in [-0.2, -0.15) is 0 Å². The predicted molar refractivity (Wildman–Crippen MR) is 75.6 cm³/mol. The van der Waals surface area contributed by atoms with E-state index in [0.29, 0.717) is 10.8 Å². The molecule has 0 aliphatic heterocycles. The van der Waals surface area contributed by atoms with Crippen LogP contribution in [-0.2, 0) is 10.0 Å². The van der Waals surface area contributed by atoms with E-state index >= 15 is 0 Å². The van der Waals surface area contributed by atoms with Crippen LogP contribution in [-0.4, -0.2) is 20.3 Å². The van der Waals surface area contributed by atoms with Gasteiger partial charge < -0.3 is 0 Å². The number of alkyl halides is 1. The minimum absolute atomic E-state index is 0.0907. The van der Waals surface area contributed by atoms with Gasteiger partial charge in [0.1, 0.15) is 0 Å². The Balaban J connectivity index is 2.96.